The highest BCUT2D eigenvalue weighted by Crippen LogP contribution is 2.33. The topological polar surface area (TPSA) is 82.4 Å². The minimum absolute atomic E-state index is 0.556. The molecule has 0 aliphatic rings. The van der Waals surface area contributed by atoms with Gasteiger partial charge in [-0.05, 0) is 54.3 Å². The van der Waals surface area contributed by atoms with Crippen LogP contribution in [0.3, 0.4) is 0 Å². The smallest absolute Gasteiger partial charge is 0.155 e. The van der Waals surface area contributed by atoms with E-state index in [4.69, 9.17) is 0 Å². The predicted molar refractivity (Wildman–Crippen MR) is 88.0 cm³/mol. The summed E-state index contributed by atoms with van der Waals surface area (Å²) in [6, 6.07) is 9.84. The van der Waals surface area contributed by atoms with Gasteiger partial charge in [0.1, 0.15) is 6.29 Å². The Hall–Kier alpha value is -3.00. The van der Waals surface area contributed by atoms with E-state index in [0.717, 1.165) is 28.4 Å². The van der Waals surface area contributed by atoms with Crippen molar-refractivity contribution in [3.8, 4) is 17.2 Å². The molecule has 114 valence electrons. The molecular formula is C18H16N4O. The number of carbonyl (C=O) groups excluding carboxylic acids is 1. The molecule has 2 aromatic heterocycles. The van der Waals surface area contributed by atoms with Crippen LogP contribution in [0.15, 0.2) is 36.7 Å². The lowest BCUT2D eigenvalue weighted by Gasteiger charge is -2.21. The minimum atomic E-state index is -0.629. The highest BCUT2D eigenvalue weighted by atomic mass is 16.1. The van der Waals surface area contributed by atoms with Crippen LogP contribution in [-0.4, -0.2) is 21.5 Å². The van der Waals surface area contributed by atoms with E-state index in [-0.39, 0.29) is 0 Å². The van der Waals surface area contributed by atoms with Gasteiger partial charge in [-0.2, -0.15) is 10.4 Å². The maximum absolute atomic E-state index is 11.3. The number of nitriles is 1. The van der Waals surface area contributed by atoms with Gasteiger partial charge in [0, 0.05) is 17.1 Å². The molecule has 23 heavy (non-hydrogen) atoms. The molecule has 5 nitrogen and oxygen atoms in total. The Balaban J connectivity index is 2.26. The minimum Gasteiger partial charge on any atom is -0.298 e. The third kappa shape index (κ3) is 2.49. The maximum Gasteiger partial charge on any atom is 0.155 e. The normalized spacial score (nSPS) is 13.4. The van der Waals surface area contributed by atoms with E-state index in [2.05, 4.69) is 21.3 Å². The van der Waals surface area contributed by atoms with E-state index < -0.39 is 5.41 Å². The highest BCUT2D eigenvalue weighted by molar-refractivity contribution is 5.93. The molecule has 0 radical (unpaired) electrons. The van der Waals surface area contributed by atoms with Crippen molar-refractivity contribution in [2.45, 2.75) is 25.7 Å². The summed E-state index contributed by atoms with van der Waals surface area (Å²) in [4.78, 5) is 15.6. The molecule has 0 fully saturated rings. The first-order valence-corrected chi connectivity index (χ1v) is 7.41. The van der Waals surface area contributed by atoms with Gasteiger partial charge in [-0.25, -0.2) is 4.98 Å². The SMILES string of the molecule is CCC(C)(C#N)c1cc(C=O)cc(-c2ccnc3[nH]ncc23)c1. The fourth-order valence-corrected chi connectivity index (χ4v) is 2.64. The lowest BCUT2D eigenvalue weighted by atomic mass is 9.79. The molecule has 0 amide bonds. The summed E-state index contributed by atoms with van der Waals surface area (Å²) in [6.07, 6.45) is 4.90. The van der Waals surface area contributed by atoms with E-state index in [1.165, 1.54) is 0 Å². The number of hydrogen-bond acceptors (Lipinski definition) is 4. The van der Waals surface area contributed by atoms with Gasteiger partial charge in [-0.15, -0.1) is 0 Å². The Morgan fingerprint density at radius 1 is 1.39 bits per heavy atom. The highest BCUT2D eigenvalue weighted by Gasteiger charge is 2.25. The molecule has 2 heterocycles. The first-order valence-electron chi connectivity index (χ1n) is 7.41. The first kappa shape index (κ1) is 14.9. The summed E-state index contributed by atoms with van der Waals surface area (Å²) in [5.74, 6) is 0. The number of nitrogens with one attached hydrogen (secondary N) is 1. The third-order valence-corrected chi connectivity index (χ3v) is 4.35. The van der Waals surface area contributed by atoms with Gasteiger partial charge in [0.05, 0.1) is 17.7 Å². The van der Waals surface area contributed by atoms with Gasteiger partial charge >= 0.3 is 0 Å². The van der Waals surface area contributed by atoms with Crippen LogP contribution >= 0.6 is 0 Å². The number of carbonyl (C=O) groups is 1. The molecule has 0 aliphatic heterocycles. The molecule has 0 saturated heterocycles. The summed E-state index contributed by atoms with van der Waals surface area (Å²) in [6.45, 7) is 3.86. The third-order valence-electron chi connectivity index (χ3n) is 4.35. The number of hydrogen-bond donors (Lipinski definition) is 1. The molecule has 5 heteroatoms. The molecule has 3 rings (SSSR count). The number of rotatable bonds is 4. The van der Waals surface area contributed by atoms with Crippen molar-refractivity contribution in [2.24, 2.45) is 0 Å². The zero-order chi connectivity index (χ0) is 16.4. The number of aromatic amines is 1. The van der Waals surface area contributed by atoms with Crippen molar-refractivity contribution in [1.82, 2.24) is 15.2 Å². The Labute approximate surface area is 134 Å². The number of pyridine rings is 1. The van der Waals surface area contributed by atoms with Crippen LogP contribution in [0.2, 0.25) is 0 Å². The molecule has 1 N–H and O–H groups in total. The molecule has 0 aliphatic carbocycles. The van der Waals surface area contributed by atoms with E-state index in [1.54, 1.807) is 18.5 Å². The number of nitrogens with zero attached hydrogens (tertiary/aromatic N) is 3. The summed E-state index contributed by atoms with van der Waals surface area (Å²) in [5, 5.41) is 17.3. The molecule has 0 spiro atoms. The average molecular weight is 304 g/mol. The van der Waals surface area contributed by atoms with Crippen molar-refractivity contribution in [1.29, 1.82) is 5.26 Å². The number of aldehydes is 1. The number of benzene rings is 1. The zero-order valence-corrected chi connectivity index (χ0v) is 13.0. The van der Waals surface area contributed by atoms with Crippen LogP contribution in [-0.2, 0) is 5.41 Å². The monoisotopic (exact) mass is 304 g/mol. The number of fused-ring (bicyclic) bond motifs is 1. The quantitative estimate of drug-likeness (QED) is 0.746. The Bertz CT molecular complexity index is 922. The van der Waals surface area contributed by atoms with Crippen LogP contribution in [0, 0.1) is 11.3 Å². The fourth-order valence-electron chi connectivity index (χ4n) is 2.64. The second-order valence-electron chi connectivity index (χ2n) is 5.75. The summed E-state index contributed by atoms with van der Waals surface area (Å²) in [5.41, 5.74) is 3.28. The van der Waals surface area contributed by atoms with Crippen molar-refractivity contribution in [2.75, 3.05) is 0 Å². The van der Waals surface area contributed by atoms with E-state index in [9.17, 15) is 10.1 Å². The van der Waals surface area contributed by atoms with Gasteiger partial charge in [0.2, 0.25) is 0 Å². The predicted octanol–water partition coefficient (Wildman–Crippen LogP) is 3.63. The van der Waals surface area contributed by atoms with Crippen molar-refractivity contribution < 1.29 is 4.79 Å². The van der Waals surface area contributed by atoms with Crippen LogP contribution in [0.1, 0.15) is 36.2 Å². The summed E-state index contributed by atoms with van der Waals surface area (Å²) >= 11 is 0. The summed E-state index contributed by atoms with van der Waals surface area (Å²) < 4.78 is 0. The molecule has 1 aromatic carbocycles. The van der Waals surface area contributed by atoms with Crippen LogP contribution in [0.25, 0.3) is 22.2 Å². The lowest BCUT2D eigenvalue weighted by molar-refractivity contribution is 0.112. The Morgan fingerprint density at radius 2 is 2.22 bits per heavy atom. The van der Waals surface area contributed by atoms with Gasteiger partial charge < -0.3 is 0 Å². The lowest BCUT2D eigenvalue weighted by Crippen LogP contribution is -2.18. The molecule has 3 aromatic rings. The van der Waals surface area contributed by atoms with E-state index in [1.807, 2.05) is 32.0 Å². The molecule has 1 unspecified atom stereocenters. The maximum atomic E-state index is 11.3. The largest absolute Gasteiger partial charge is 0.298 e. The van der Waals surface area contributed by atoms with Gasteiger partial charge in [0.25, 0.3) is 0 Å². The van der Waals surface area contributed by atoms with Crippen LogP contribution in [0.4, 0.5) is 0 Å². The van der Waals surface area contributed by atoms with Gasteiger partial charge in [-0.3, -0.25) is 9.89 Å². The number of H-pyrrole nitrogens is 1. The zero-order valence-electron chi connectivity index (χ0n) is 13.0. The summed E-state index contributed by atoms with van der Waals surface area (Å²) in [7, 11) is 0. The van der Waals surface area contributed by atoms with E-state index >= 15 is 0 Å². The van der Waals surface area contributed by atoms with Crippen LogP contribution in [0.5, 0.6) is 0 Å². The van der Waals surface area contributed by atoms with Crippen molar-refractivity contribution in [3.63, 3.8) is 0 Å². The fraction of sp³-hybridized carbons (Fsp3) is 0.222. The Morgan fingerprint density at radius 3 is 2.91 bits per heavy atom. The second-order valence-corrected chi connectivity index (χ2v) is 5.75. The second kappa shape index (κ2) is 5.65. The van der Waals surface area contributed by atoms with Gasteiger partial charge in [-0.1, -0.05) is 6.92 Å². The molecule has 0 saturated carbocycles. The van der Waals surface area contributed by atoms with Gasteiger partial charge in [0.15, 0.2) is 5.65 Å². The molecule has 1 atom stereocenters. The van der Waals surface area contributed by atoms with Crippen molar-refractivity contribution in [3.05, 3.63) is 47.8 Å². The number of aromatic nitrogens is 3. The standard InChI is InChI=1S/C18H16N4O/c1-3-18(2,11-19)14-7-12(10-23)6-13(8-14)15-4-5-20-17-16(15)9-21-22-17/h4-10H,3H2,1-2H3,(H,20,21,22). The van der Waals surface area contributed by atoms with E-state index in [0.29, 0.717) is 17.6 Å². The first-order chi connectivity index (χ1) is 11.1. The van der Waals surface area contributed by atoms with Crippen molar-refractivity contribution >= 4 is 17.3 Å². The molecule has 0 bridgehead atoms. The van der Waals surface area contributed by atoms with Crippen LogP contribution < -0.4 is 0 Å². The average Bonchev–Trinajstić information content (AvgIpc) is 3.09. The Kier molecular flexibility index (Phi) is 3.67. The molecular weight excluding hydrogens is 288 g/mol.